The highest BCUT2D eigenvalue weighted by Gasteiger charge is 2.36. The number of nitrogens with zero attached hydrogens (tertiary/aromatic N) is 3. The molecule has 1 aromatic heterocycles. The highest BCUT2D eigenvalue weighted by atomic mass is 32.2. The Balaban J connectivity index is 1.50. The minimum absolute atomic E-state index is 0.0161. The average molecular weight is 451 g/mol. The zero-order valence-electron chi connectivity index (χ0n) is 17.2. The van der Waals surface area contributed by atoms with E-state index in [4.69, 9.17) is 9.88 Å². The number of nitrogens with one attached hydrogen (secondary N) is 1. The van der Waals surface area contributed by atoms with Gasteiger partial charge < -0.3 is 10.1 Å². The maximum absolute atomic E-state index is 14.8. The molecule has 3 N–H and O–H groups in total. The number of hydrogen-bond acceptors (Lipinski definition) is 4. The fourth-order valence-corrected chi connectivity index (χ4v) is 5.73. The van der Waals surface area contributed by atoms with Crippen LogP contribution in [0.4, 0.5) is 19.3 Å². The minimum atomic E-state index is -3.65. The van der Waals surface area contributed by atoms with Crippen LogP contribution in [0.1, 0.15) is 42.5 Å². The number of halogens is 2. The highest BCUT2D eigenvalue weighted by molar-refractivity contribution is 7.91. The molecule has 1 aliphatic heterocycles. The zero-order valence-corrected chi connectivity index (χ0v) is 18.0. The fourth-order valence-electron chi connectivity index (χ4n) is 4.74. The van der Waals surface area contributed by atoms with Gasteiger partial charge in [-0.05, 0) is 55.4 Å². The number of carbonyl (C=O) groups excluding carboxylic acids is 1. The average Bonchev–Trinajstić information content (AvgIpc) is 3.40. The van der Waals surface area contributed by atoms with Crippen LogP contribution in [0, 0.1) is 5.82 Å². The molecule has 2 aliphatic carbocycles. The van der Waals surface area contributed by atoms with Gasteiger partial charge in [0.15, 0.2) is 9.92 Å². The van der Waals surface area contributed by atoms with E-state index in [2.05, 4.69) is 14.8 Å². The second kappa shape index (κ2) is 6.73. The molecule has 0 radical (unpaired) electrons. The van der Waals surface area contributed by atoms with Crippen LogP contribution >= 0.6 is 0 Å². The maximum Gasteiger partial charge on any atom is 0.354 e. The molecule has 1 aromatic carbocycles. The molecule has 31 heavy (non-hydrogen) atoms. The number of anilines is 1. The Morgan fingerprint density at radius 2 is 2.03 bits per heavy atom. The largest absolute Gasteiger partial charge is 0.469 e. The lowest BCUT2D eigenvalue weighted by atomic mass is 9.98. The van der Waals surface area contributed by atoms with Crippen LogP contribution in [0.15, 0.2) is 15.5 Å². The van der Waals surface area contributed by atoms with Crippen LogP contribution in [-0.2, 0) is 42.1 Å². The Hall–Kier alpha value is -2.53. The SMILES string of the molecule is CC1(C)Cn2ncc(S(N)(=O)=NC(=O)Nc3c4c(c(F)c5c3C[C@H](F)C5)CCC4)c2O1. The predicted molar refractivity (Wildman–Crippen MR) is 110 cm³/mol. The lowest BCUT2D eigenvalue weighted by Crippen LogP contribution is -2.27. The molecule has 0 fully saturated rings. The molecule has 8 nitrogen and oxygen atoms in total. The first kappa shape index (κ1) is 20.4. The van der Waals surface area contributed by atoms with Gasteiger partial charge >= 0.3 is 6.03 Å². The molecule has 3 aliphatic rings. The van der Waals surface area contributed by atoms with E-state index in [1.54, 1.807) is 0 Å². The van der Waals surface area contributed by atoms with Crippen molar-refractivity contribution >= 4 is 21.6 Å². The quantitative estimate of drug-likeness (QED) is 0.731. The summed E-state index contributed by atoms with van der Waals surface area (Å²) in [5, 5.41) is 12.7. The van der Waals surface area contributed by atoms with Crippen molar-refractivity contribution in [2.45, 2.75) is 69.2 Å². The van der Waals surface area contributed by atoms with Crippen LogP contribution in [0.25, 0.3) is 0 Å². The van der Waals surface area contributed by atoms with Crippen LogP contribution in [-0.4, -0.2) is 31.8 Å². The Kier molecular flexibility index (Phi) is 4.43. The van der Waals surface area contributed by atoms with E-state index in [0.717, 1.165) is 6.42 Å². The summed E-state index contributed by atoms with van der Waals surface area (Å²) in [6, 6.07) is -0.935. The molecule has 2 amide bonds. The summed E-state index contributed by atoms with van der Waals surface area (Å²) < 4.78 is 53.0. The van der Waals surface area contributed by atoms with Gasteiger partial charge in [0.1, 0.15) is 22.5 Å². The second-order valence-corrected chi connectivity index (χ2v) is 10.6. The van der Waals surface area contributed by atoms with E-state index >= 15 is 0 Å². The van der Waals surface area contributed by atoms with Gasteiger partial charge in [0.2, 0.25) is 5.88 Å². The summed E-state index contributed by atoms with van der Waals surface area (Å²) in [7, 11) is -3.65. The van der Waals surface area contributed by atoms with Crippen molar-refractivity contribution in [2.75, 3.05) is 5.32 Å². The monoisotopic (exact) mass is 451 g/mol. The number of amides is 2. The summed E-state index contributed by atoms with van der Waals surface area (Å²) in [5.74, 6) is -0.145. The van der Waals surface area contributed by atoms with Crippen molar-refractivity contribution in [1.29, 1.82) is 0 Å². The van der Waals surface area contributed by atoms with Gasteiger partial charge in [-0.1, -0.05) is 0 Å². The van der Waals surface area contributed by atoms with Gasteiger partial charge in [-0.25, -0.2) is 27.6 Å². The summed E-state index contributed by atoms with van der Waals surface area (Å²) in [4.78, 5) is 12.8. The molecule has 2 atom stereocenters. The molecule has 0 bridgehead atoms. The van der Waals surface area contributed by atoms with Gasteiger partial charge in [0, 0.05) is 18.5 Å². The van der Waals surface area contributed by atoms with Gasteiger partial charge in [-0.2, -0.15) is 5.10 Å². The molecule has 11 heteroatoms. The van der Waals surface area contributed by atoms with Gasteiger partial charge in [0.25, 0.3) is 0 Å². The van der Waals surface area contributed by atoms with Gasteiger partial charge in [-0.15, -0.1) is 4.36 Å². The molecule has 0 saturated heterocycles. The van der Waals surface area contributed by atoms with Crippen LogP contribution in [0.5, 0.6) is 5.88 Å². The smallest absolute Gasteiger partial charge is 0.354 e. The predicted octanol–water partition coefficient (Wildman–Crippen LogP) is 3.05. The molecular weight excluding hydrogens is 428 g/mol. The molecular formula is C20H23F2N5O3S. The minimum Gasteiger partial charge on any atom is -0.469 e. The van der Waals surface area contributed by atoms with Crippen molar-refractivity contribution in [3.8, 4) is 5.88 Å². The number of benzene rings is 1. The fraction of sp³-hybridized carbons (Fsp3) is 0.500. The number of alkyl halides is 1. The number of urea groups is 1. The summed E-state index contributed by atoms with van der Waals surface area (Å²) >= 11 is 0. The third-order valence-corrected chi connectivity index (χ3v) is 7.34. The number of nitrogens with two attached hydrogens (primary N) is 1. The van der Waals surface area contributed by atoms with E-state index in [1.165, 1.54) is 10.9 Å². The topological polar surface area (TPSA) is 112 Å². The maximum atomic E-state index is 14.8. The Labute approximate surface area is 178 Å². The Morgan fingerprint density at radius 3 is 2.81 bits per heavy atom. The standard InChI is InChI=1S/C20H23F2N5O3S/c1-20(2)9-27-18(30-20)15(8-24-27)31(23,29)26-19(28)25-17-12-5-3-4-11(12)16(22)13-6-10(21)7-14(13)17/h8,10H,3-7,9H2,1-2H3,(H3,23,25,26,28,29)/t10-,31?/m1/s1. The third-order valence-electron chi connectivity index (χ3n) is 6.00. The molecule has 166 valence electrons. The number of carbonyl (C=O) groups is 1. The van der Waals surface area contributed by atoms with Crippen molar-refractivity contribution < 1.29 is 22.5 Å². The number of ether oxygens (including phenoxy) is 1. The first-order valence-electron chi connectivity index (χ1n) is 10.2. The van der Waals surface area contributed by atoms with Crippen molar-refractivity contribution in [2.24, 2.45) is 9.50 Å². The molecule has 5 rings (SSSR count). The van der Waals surface area contributed by atoms with E-state index in [0.29, 0.717) is 47.3 Å². The van der Waals surface area contributed by atoms with Gasteiger partial charge in [0.05, 0.1) is 12.7 Å². The normalized spacial score (nSPS) is 22.3. The van der Waals surface area contributed by atoms with Crippen molar-refractivity contribution in [3.63, 3.8) is 0 Å². The highest BCUT2D eigenvalue weighted by Crippen LogP contribution is 2.42. The second-order valence-electron chi connectivity index (χ2n) is 8.89. The molecule has 1 unspecified atom stereocenters. The summed E-state index contributed by atoms with van der Waals surface area (Å²) in [6.45, 7) is 4.14. The van der Waals surface area contributed by atoms with Gasteiger partial charge in [-0.3, -0.25) is 0 Å². The number of rotatable bonds is 2. The first-order valence-corrected chi connectivity index (χ1v) is 11.7. The van der Waals surface area contributed by atoms with E-state index < -0.39 is 27.7 Å². The number of aromatic nitrogens is 2. The van der Waals surface area contributed by atoms with E-state index in [9.17, 15) is 17.8 Å². The number of fused-ring (bicyclic) bond motifs is 3. The lowest BCUT2D eigenvalue weighted by molar-refractivity contribution is 0.132. The van der Waals surface area contributed by atoms with Crippen LogP contribution < -0.4 is 15.2 Å². The zero-order chi connectivity index (χ0) is 22.1. The van der Waals surface area contributed by atoms with Crippen LogP contribution in [0.2, 0.25) is 0 Å². The van der Waals surface area contributed by atoms with Crippen molar-refractivity contribution in [1.82, 2.24) is 9.78 Å². The third kappa shape index (κ3) is 3.30. The number of hydrogen-bond donors (Lipinski definition) is 2. The van der Waals surface area contributed by atoms with Crippen LogP contribution in [0.3, 0.4) is 0 Å². The molecule has 0 saturated carbocycles. The Morgan fingerprint density at radius 1 is 1.32 bits per heavy atom. The van der Waals surface area contributed by atoms with E-state index in [-0.39, 0.29) is 29.4 Å². The summed E-state index contributed by atoms with van der Waals surface area (Å²) in [5.41, 5.74) is 1.77. The first-order chi connectivity index (χ1) is 14.6. The molecule has 2 aromatic rings. The van der Waals surface area contributed by atoms with Crippen molar-refractivity contribution in [3.05, 3.63) is 34.3 Å². The molecule has 2 heterocycles. The summed E-state index contributed by atoms with van der Waals surface area (Å²) in [6.07, 6.45) is 1.94. The molecule has 0 spiro atoms. The Bertz CT molecular complexity index is 1250. The lowest BCUT2D eigenvalue weighted by Gasteiger charge is -2.17. The van der Waals surface area contributed by atoms with E-state index in [1.807, 2.05) is 13.8 Å².